The molecule has 0 bridgehead atoms. The van der Waals surface area contributed by atoms with E-state index in [2.05, 4.69) is 5.32 Å². The van der Waals surface area contributed by atoms with Gasteiger partial charge in [0, 0.05) is 6.61 Å². The summed E-state index contributed by atoms with van der Waals surface area (Å²) in [5.74, 6) is -0.0904. The Morgan fingerprint density at radius 2 is 2.43 bits per heavy atom. The minimum Gasteiger partial charge on any atom is -0.376 e. The first-order valence-corrected chi connectivity index (χ1v) is 5.32. The summed E-state index contributed by atoms with van der Waals surface area (Å²) in [6, 6.07) is -0.318. The van der Waals surface area contributed by atoms with E-state index >= 15 is 0 Å². The van der Waals surface area contributed by atoms with Crippen molar-refractivity contribution in [2.45, 2.75) is 51.3 Å². The summed E-state index contributed by atoms with van der Waals surface area (Å²) in [6.45, 7) is 4.56. The molecule has 1 rings (SSSR count). The number of ether oxygens (including phenoxy) is 1. The van der Waals surface area contributed by atoms with Crippen molar-refractivity contribution in [1.29, 1.82) is 0 Å². The second-order valence-electron chi connectivity index (χ2n) is 3.86. The first-order chi connectivity index (χ1) is 6.65. The van der Waals surface area contributed by atoms with E-state index in [0.717, 1.165) is 25.9 Å². The van der Waals surface area contributed by atoms with Gasteiger partial charge in [0.25, 0.3) is 0 Å². The van der Waals surface area contributed by atoms with Crippen molar-refractivity contribution in [2.75, 3.05) is 6.61 Å². The lowest BCUT2D eigenvalue weighted by molar-refractivity contribution is -0.123. The van der Waals surface area contributed by atoms with Gasteiger partial charge in [-0.15, -0.1) is 0 Å². The summed E-state index contributed by atoms with van der Waals surface area (Å²) in [5, 5.41) is 2.92. The molecule has 4 heteroatoms. The van der Waals surface area contributed by atoms with Gasteiger partial charge in [0.1, 0.15) is 0 Å². The fourth-order valence-corrected chi connectivity index (χ4v) is 1.69. The van der Waals surface area contributed by atoms with Crippen LogP contribution in [0, 0.1) is 0 Å². The van der Waals surface area contributed by atoms with Crippen molar-refractivity contribution < 1.29 is 9.53 Å². The molecule has 0 radical (unpaired) electrons. The number of nitrogens with one attached hydrogen (secondary N) is 1. The highest BCUT2D eigenvalue weighted by Crippen LogP contribution is 2.17. The number of nitrogens with two attached hydrogens (primary N) is 1. The Hall–Kier alpha value is -0.610. The van der Waals surface area contributed by atoms with Crippen molar-refractivity contribution >= 4 is 5.91 Å². The maximum atomic E-state index is 11.4. The molecule has 0 aromatic heterocycles. The fraction of sp³-hybridized carbons (Fsp3) is 0.900. The van der Waals surface area contributed by atoms with Crippen LogP contribution in [0.25, 0.3) is 0 Å². The zero-order chi connectivity index (χ0) is 10.6. The van der Waals surface area contributed by atoms with E-state index in [4.69, 9.17) is 10.5 Å². The summed E-state index contributed by atoms with van der Waals surface area (Å²) in [5.41, 5.74) is 5.48. The van der Waals surface area contributed by atoms with Gasteiger partial charge in [-0.3, -0.25) is 4.79 Å². The van der Waals surface area contributed by atoms with Gasteiger partial charge >= 0.3 is 0 Å². The number of hydrogen-bond acceptors (Lipinski definition) is 3. The van der Waals surface area contributed by atoms with Gasteiger partial charge in [-0.25, -0.2) is 0 Å². The Kier molecular flexibility index (Phi) is 4.35. The Balaban J connectivity index is 2.41. The minimum atomic E-state index is -0.439. The van der Waals surface area contributed by atoms with E-state index < -0.39 is 6.04 Å². The number of amides is 1. The quantitative estimate of drug-likeness (QED) is 0.690. The first kappa shape index (κ1) is 11.5. The molecule has 1 fully saturated rings. The normalized spacial score (nSPS) is 25.8. The summed E-state index contributed by atoms with van der Waals surface area (Å²) in [7, 11) is 0. The highest BCUT2D eigenvalue weighted by Gasteiger charge is 2.26. The number of carbonyl (C=O) groups excluding carboxylic acids is 1. The highest BCUT2D eigenvalue weighted by atomic mass is 16.5. The van der Waals surface area contributed by atoms with E-state index in [1.54, 1.807) is 6.92 Å². The predicted octanol–water partition coefficient (Wildman–Crippen LogP) is 0.407. The summed E-state index contributed by atoms with van der Waals surface area (Å²) in [6.07, 6.45) is 3.21. The van der Waals surface area contributed by atoms with Gasteiger partial charge in [0.2, 0.25) is 5.91 Å². The van der Waals surface area contributed by atoms with Crippen molar-refractivity contribution in [3.63, 3.8) is 0 Å². The summed E-state index contributed by atoms with van der Waals surface area (Å²) >= 11 is 0. The van der Waals surface area contributed by atoms with Gasteiger partial charge in [-0.2, -0.15) is 0 Å². The van der Waals surface area contributed by atoms with Crippen molar-refractivity contribution in [3.8, 4) is 0 Å². The molecular weight excluding hydrogens is 180 g/mol. The Morgan fingerprint density at radius 1 is 1.71 bits per heavy atom. The average Bonchev–Trinajstić information content (AvgIpc) is 2.66. The standard InChI is InChI=1S/C10H20N2O2/c1-3-8(9-5-4-6-14-9)12-10(13)7(2)11/h7-9H,3-6,11H2,1-2H3,(H,12,13). The lowest BCUT2D eigenvalue weighted by Crippen LogP contribution is -2.48. The lowest BCUT2D eigenvalue weighted by atomic mass is 10.1. The van der Waals surface area contributed by atoms with Gasteiger partial charge in [-0.05, 0) is 26.2 Å². The van der Waals surface area contributed by atoms with E-state index in [-0.39, 0.29) is 18.1 Å². The van der Waals surface area contributed by atoms with Crippen molar-refractivity contribution in [2.24, 2.45) is 5.73 Å². The van der Waals surface area contributed by atoms with Crippen LogP contribution in [0.3, 0.4) is 0 Å². The molecule has 3 atom stereocenters. The van der Waals surface area contributed by atoms with Gasteiger partial charge < -0.3 is 15.8 Å². The van der Waals surface area contributed by atoms with E-state index in [0.29, 0.717) is 0 Å². The van der Waals surface area contributed by atoms with Crippen LogP contribution in [0.15, 0.2) is 0 Å². The van der Waals surface area contributed by atoms with Crippen LogP contribution in [-0.2, 0) is 9.53 Å². The van der Waals surface area contributed by atoms with Crippen LogP contribution in [0.5, 0.6) is 0 Å². The smallest absolute Gasteiger partial charge is 0.236 e. The van der Waals surface area contributed by atoms with Crippen molar-refractivity contribution in [3.05, 3.63) is 0 Å². The van der Waals surface area contributed by atoms with E-state index in [9.17, 15) is 4.79 Å². The molecule has 1 saturated heterocycles. The molecule has 4 nitrogen and oxygen atoms in total. The van der Waals surface area contributed by atoms with Crippen LogP contribution in [0.2, 0.25) is 0 Å². The SMILES string of the molecule is CCC(NC(=O)C(C)N)C1CCCO1. The summed E-state index contributed by atoms with van der Waals surface area (Å²) < 4.78 is 5.53. The lowest BCUT2D eigenvalue weighted by Gasteiger charge is -2.23. The van der Waals surface area contributed by atoms with Crippen LogP contribution in [0.4, 0.5) is 0 Å². The molecule has 0 aliphatic carbocycles. The average molecular weight is 200 g/mol. The molecule has 1 heterocycles. The molecule has 0 aromatic rings. The van der Waals surface area contributed by atoms with Gasteiger partial charge in [0.05, 0.1) is 18.2 Å². The second-order valence-corrected chi connectivity index (χ2v) is 3.86. The fourth-order valence-electron chi connectivity index (χ4n) is 1.69. The third-order valence-corrected chi connectivity index (χ3v) is 2.59. The molecule has 3 N–H and O–H groups in total. The van der Waals surface area contributed by atoms with Crippen LogP contribution in [0.1, 0.15) is 33.1 Å². The molecular formula is C10H20N2O2. The molecule has 1 aliphatic heterocycles. The minimum absolute atomic E-state index is 0.0904. The molecule has 0 saturated carbocycles. The Bertz CT molecular complexity index is 189. The summed E-state index contributed by atoms with van der Waals surface area (Å²) in [4.78, 5) is 11.4. The predicted molar refractivity (Wildman–Crippen MR) is 54.8 cm³/mol. The largest absolute Gasteiger partial charge is 0.376 e. The maximum absolute atomic E-state index is 11.4. The third kappa shape index (κ3) is 2.96. The number of carbonyl (C=O) groups is 1. The molecule has 0 spiro atoms. The van der Waals surface area contributed by atoms with Crippen molar-refractivity contribution in [1.82, 2.24) is 5.32 Å². The van der Waals surface area contributed by atoms with Gasteiger partial charge in [0.15, 0.2) is 0 Å². The van der Waals surface area contributed by atoms with Gasteiger partial charge in [-0.1, -0.05) is 6.92 Å². The third-order valence-electron chi connectivity index (χ3n) is 2.59. The monoisotopic (exact) mass is 200 g/mol. The van der Waals surface area contributed by atoms with Crippen LogP contribution < -0.4 is 11.1 Å². The first-order valence-electron chi connectivity index (χ1n) is 5.32. The molecule has 14 heavy (non-hydrogen) atoms. The van der Waals surface area contributed by atoms with Crippen LogP contribution >= 0.6 is 0 Å². The topological polar surface area (TPSA) is 64.4 Å². The molecule has 3 unspecified atom stereocenters. The molecule has 82 valence electrons. The van der Waals surface area contributed by atoms with Crippen LogP contribution in [-0.4, -0.2) is 30.7 Å². The zero-order valence-corrected chi connectivity index (χ0v) is 8.95. The zero-order valence-electron chi connectivity index (χ0n) is 8.95. The Labute approximate surface area is 85.2 Å². The van der Waals surface area contributed by atoms with E-state index in [1.807, 2.05) is 6.92 Å². The number of hydrogen-bond donors (Lipinski definition) is 2. The molecule has 0 aromatic carbocycles. The Morgan fingerprint density at radius 3 is 2.86 bits per heavy atom. The van der Waals surface area contributed by atoms with E-state index in [1.165, 1.54) is 0 Å². The maximum Gasteiger partial charge on any atom is 0.236 e. The molecule has 1 aliphatic rings. The molecule has 1 amide bonds. The number of rotatable bonds is 4. The highest BCUT2D eigenvalue weighted by molar-refractivity contribution is 5.81. The second kappa shape index (κ2) is 5.32.